The van der Waals surface area contributed by atoms with Crippen LogP contribution < -0.4 is 11.1 Å². The summed E-state index contributed by atoms with van der Waals surface area (Å²) in [4.78, 5) is 18.7. The lowest BCUT2D eigenvalue weighted by molar-refractivity contribution is 0.130. The Morgan fingerprint density at radius 3 is 2.83 bits per heavy atom. The van der Waals surface area contributed by atoms with E-state index < -0.39 is 0 Å². The molecule has 1 saturated heterocycles. The first kappa shape index (κ1) is 18.8. The van der Waals surface area contributed by atoms with Crippen molar-refractivity contribution in [1.82, 2.24) is 20.1 Å². The van der Waals surface area contributed by atoms with Crippen molar-refractivity contribution in [2.75, 3.05) is 24.1 Å². The van der Waals surface area contributed by atoms with Crippen LogP contribution in [-0.4, -0.2) is 39.2 Å². The standard InChI is InChI=1S/C21H21FN6O/c1-13-9-15(22)4-5-17(13)19-7-6-18(23)20(25-19)26-21(29)28-11-14(12-28)10-16-3-2-8-24-27-16/h2-9,14H,10-12,23H2,1H3,(H,25,26,29). The van der Waals surface area contributed by atoms with Crippen molar-refractivity contribution in [2.24, 2.45) is 5.92 Å². The molecule has 0 spiro atoms. The monoisotopic (exact) mass is 392 g/mol. The summed E-state index contributed by atoms with van der Waals surface area (Å²) in [6, 6.07) is 11.5. The number of aryl methyl sites for hydroxylation is 1. The van der Waals surface area contributed by atoms with Crippen molar-refractivity contribution in [3.8, 4) is 11.3 Å². The van der Waals surface area contributed by atoms with Crippen LogP contribution in [0.15, 0.2) is 48.7 Å². The molecule has 2 aromatic heterocycles. The number of benzene rings is 1. The van der Waals surface area contributed by atoms with E-state index in [-0.39, 0.29) is 11.8 Å². The molecule has 3 N–H and O–H groups in total. The van der Waals surface area contributed by atoms with Gasteiger partial charge >= 0.3 is 6.03 Å². The highest BCUT2D eigenvalue weighted by Crippen LogP contribution is 2.27. The summed E-state index contributed by atoms with van der Waals surface area (Å²) in [7, 11) is 0. The Kier molecular flexibility index (Phi) is 5.07. The highest BCUT2D eigenvalue weighted by Gasteiger charge is 2.31. The highest BCUT2D eigenvalue weighted by molar-refractivity contribution is 5.92. The van der Waals surface area contributed by atoms with E-state index in [1.165, 1.54) is 12.1 Å². The minimum Gasteiger partial charge on any atom is -0.396 e. The van der Waals surface area contributed by atoms with Crippen LogP contribution in [0.5, 0.6) is 0 Å². The maximum atomic E-state index is 13.4. The van der Waals surface area contributed by atoms with Gasteiger partial charge in [-0.05, 0) is 67.3 Å². The Labute approximate surface area is 167 Å². The fourth-order valence-electron chi connectivity index (χ4n) is 3.42. The summed E-state index contributed by atoms with van der Waals surface area (Å²) in [5.41, 5.74) is 9.46. The zero-order valence-corrected chi connectivity index (χ0v) is 16.0. The van der Waals surface area contributed by atoms with Crippen LogP contribution in [-0.2, 0) is 6.42 Å². The van der Waals surface area contributed by atoms with E-state index in [1.54, 1.807) is 29.3 Å². The minimum absolute atomic E-state index is 0.243. The van der Waals surface area contributed by atoms with Crippen LogP contribution >= 0.6 is 0 Å². The van der Waals surface area contributed by atoms with Crippen LogP contribution in [0.25, 0.3) is 11.3 Å². The van der Waals surface area contributed by atoms with Crippen molar-refractivity contribution in [1.29, 1.82) is 0 Å². The number of nitrogen functional groups attached to an aromatic ring is 1. The quantitative estimate of drug-likeness (QED) is 0.710. The number of likely N-dealkylation sites (tertiary alicyclic amines) is 1. The molecule has 0 atom stereocenters. The van der Waals surface area contributed by atoms with Gasteiger partial charge in [0.1, 0.15) is 5.82 Å². The zero-order chi connectivity index (χ0) is 20.4. The molecule has 1 aliphatic heterocycles. The number of anilines is 2. The molecular formula is C21H21FN6O. The number of nitrogens with one attached hydrogen (secondary N) is 1. The average Bonchev–Trinajstić information content (AvgIpc) is 2.67. The molecule has 29 heavy (non-hydrogen) atoms. The van der Waals surface area contributed by atoms with Crippen LogP contribution in [0.1, 0.15) is 11.3 Å². The number of aromatic nitrogens is 3. The van der Waals surface area contributed by atoms with Crippen molar-refractivity contribution in [3.05, 3.63) is 65.7 Å². The second-order valence-electron chi connectivity index (χ2n) is 7.21. The summed E-state index contributed by atoms with van der Waals surface area (Å²) in [5.74, 6) is 0.355. The third kappa shape index (κ3) is 4.16. The number of nitrogens with zero attached hydrogens (tertiary/aromatic N) is 4. The summed E-state index contributed by atoms with van der Waals surface area (Å²) < 4.78 is 13.4. The van der Waals surface area contributed by atoms with Crippen molar-refractivity contribution < 1.29 is 9.18 Å². The molecule has 0 saturated carbocycles. The Hall–Kier alpha value is -3.55. The summed E-state index contributed by atoms with van der Waals surface area (Å²) in [5, 5.41) is 10.7. The van der Waals surface area contributed by atoms with Gasteiger partial charge in [-0.25, -0.2) is 14.2 Å². The topological polar surface area (TPSA) is 97.0 Å². The highest BCUT2D eigenvalue weighted by atomic mass is 19.1. The van der Waals surface area contributed by atoms with Gasteiger partial charge in [-0.3, -0.25) is 5.32 Å². The van der Waals surface area contributed by atoms with E-state index >= 15 is 0 Å². The third-order valence-electron chi connectivity index (χ3n) is 4.99. The maximum absolute atomic E-state index is 13.4. The smallest absolute Gasteiger partial charge is 0.323 e. The molecular weight excluding hydrogens is 371 g/mol. The summed E-state index contributed by atoms with van der Waals surface area (Å²) in [6.45, 7) is 3.09. The molecule has 4 rings (SSSR count). The fraction of sp³-hybridized carbons (Fsp3) is 0.238. The first-order valence-electron chi connectivity index (χ1n) is 9.35. The number of hydrogen-bond acceptors (Lipinski definition) is 5. The van der Waals surface area contributed by atoms with Crippen molar-refractivity contribution >= 4 is 17.5 Å². The van der Waals surface area contributed by atoms with Gasteiger partial charge in [0.2, 0.25) is 0 Å². The van der Waals surface area contributed by atoms with Gasteiger partial charge in [0.25, 0.3) is 0 Å². The van der Waals surface area contributed by atoms with E-state index in [2.05, 4.69) is 20.5 Å². The molecule has 1 fully saturated rings. The molecule has 3 heterocycles. The van der Waals surface area contributed by atoms with Gasteiger partial charge < -0.3 is 10.6 Å². The van der Waals surface area contributed by atoms with E-state index in [9.17, 15) is 9.18 Å². The van der Waals surface area contributed by atoms with Crippen LogP contribution in [0.2, 0.25) is 0 Å². The third-order valence-corrected chi connectivity index (χ3v) is 4.99. The Morgan fingerprint density at radius 2 is 2.10 bits per heavy atom. The summed E-state index contributed by atoms with van der Waals surface area (Å²) in [6.07, 6.45) is 2.43. The molecule has 2 amide bonds. The number of carbonyl (C=O) groups excluding carboxylic acids is 1. The molecule has 148 valence electrons. The van der Waals surface area contributed by atoms with Gasteiger partial charge in [-0.1, -0.05) is 0 Å². The predicted octanol–water partition coefficient (Wildman–Crippen LogP) is 3.27. The molecule has 0 radical (unpaired) electrons. The van der Waals surface area contributed by atoms with Gasteiger partial charge in [0.05, 0.1) is 17.1 Å². The van der Waals surface area contributed by atoms with E-state index in [4.69, 9.17) is 5.73 Å². The van der Waals surface area contributed by atoms with Crippen LogP contribution in [0, 0.1) is 18.7 Å². The largest absolute Gasteiger partial charge is 0.396 e. The van der Waals surface area contributed by atoms with Crippen LogP contribution in [0.3, 0.4) is 0 Å². The molecule has 0 aliphatic carbocycles. The molecule has 0 unspecified atom stereocenters. The number of hydrogen-bond donors (Lipinski definition) is 2. The SMILES string of the molecule is Cc1cc(F)ccc1-c1ccc(N)c(NC(=O)N2CC(Cc3cccnn3)C2)n1. The molecule has 1 aromatic carbocycles. The average molecular weight is 392 g/mol. The Balaban J connectivity index is 1.41. The van der Waals surface area contributed by atoms with E-state index in [1.807, 2.05) is 19.1 Å². The first-order chi connectivity index (χ1) is 14.0. The van der Waals surface area contributed by atoms with Gasteiger partial charge in [0, 0.05) is 24.8 Å². The van der Waals surface area contributed by atoms with E-state index in [0.717, 1.165) is 23.2 Å². The van der Waals surface area contributed by atoms with E-state index in [0.29, 0.717) is 36.2 Å². The second-order valence-corrected chi connectivity index (χ2v) is 7.21. The predicted molar refractivity (Wildman–Crippen MR) is 109 cm³/mol. The Morgan fingerprint density at radius 1 is 1.28 bits per heavy atom. The minimum atomic E-state index is -0.302. The number of halogens is 1. The first-order valence-corrected chi connectivity index (χ1v) is 9.35. The van der Waals surface area contributed by atoms with Gasteiger partial charge in [-0.2, -0.15) is 10.2 Å². The zero-order valence-electron chi connectivity index (χ0n) is 16.0. The normalized spacial score (nSPS) is 13.8. The lowest BCUT2D eigenvalue weighted by Crippen LogP contribution is -2.52. The summed E-state index contributed by atoms with van der Waals surface area (Å²) >= 11 is 0. The molecule has 3 aromatic rings. The lowest BCUT2D eigenvalue weighted by atomic mass is 9.95. The van der Waals surface area contributed by atoms with Gasteiger partial charge in [-0.15, -0.1) is 0 Å². The molecule has 0 bridgehead atoms. The van der Waals surface area contributed by atoms with Crippen molar-refractivity contribution in [3.63, 3.8) is 0 Å². The number of rotatable bonds is 4. The molecule has 1 aliphatic rings. The Bertz CT molecular complexity index is 1040. The number of pyridine rings is 1. The lowest BCUT2D eigenvalue weighted by Gasteiger charge is -2.38. The maximum Gasteiger partial charge on any atom is 0.323 e. The van der Waals surface area contributed by atoms with Gasteiger partial charge in [0.15, 0.2) is 5.82 Å². The second kappa shape index (κ2) is 7.83. The number of amides is 2. The fourth-order valence-corrected chi connectivity index (χ4v) is 3.42. The molecule has 8 heteroatoms. The molecule has 7 nitrogen and oxygen atoms in total. The number of carbonyl (C=O) groups is 1. The van der Waals surface area contributed by atoms with Crippen LogP contribution in [0.4, 0.5) is 20.7 Å². The number of urea groups is 1. The van der Waals surface area contributed by atoms with Crippen molar-refractivity contribution in [2.45, 2.75) is 13.3 Å². The number of nitrogens with two attached hydrogens (primary N) is 1.